The third kappa shape index (κ3) is 8.23. The van der Waals surface area contributed by atoms with Crippen LogP contribution in [0.1, 0.15) is 18.4 Å². The van der Waals surface area contributed by atoms with E-state index in [0.29, 0.717) is 46.5 Å². The predicted molar refractivity (Wildman–Crippen MR) is 125 cm³/mol. The minimum absolute atomic E-state index is 0.163. The molecule has 0 aromatic heterocycles. The van der Waals surface area contributed by atoms with Gasteiger partial charge in [0.25, 0.3) is 0 Å². The maximum absolute atomic E-state index is 13.7. The summed E-state index contributed by atoms with van der Waals surface area (Å²) in [5, 5.41) is 3.19. The molecule has 0 aliphatic carbocycles. The lowest BCUT2D eigenvalue weighted by molar-refractivity contribution is -0.121. The molecule has 0 fully saturated rings. The molecule has 0 saturated carbocycles. The van der Waals surface area contributed by atoms with Crippen LogP contribution in [0, 0.1) is 5.82 Å². The molecule has 10 heteroatoms. The van der Waals surface area contributed by atoms with Crippen LogP contribution in [0.2, 0.25) is 5.02 Å². The maximum atomic E-state index is 13.7. The normalized spacial score (nSPS) is 11.2. The molecule has 0 unspecified atom stereocenters. The zero-order valence-corrected chi connectivity index (χ0v) is 19.8. The van der Waals surface area contributed by atoms with Gasteiger partial charge in [-0.1, -0.05) is 23.7 Å². The van der Waals surface area contributed by atoms with Crippen molar-refractivity contribution in [3.63, 3.8) is 0 Å². The summed E-state index contributed by atoms with van der Waals surface area (Å²) in [6, 6.07) is 11.3. The Hall–Kier alpha value is -1.97. The van der Waals surface area contributed by atoms with E-state index >= 15 is 0 Å². The first-order chi connectivity index (χ1) is 14.7. The van der Waals surface area contributed by atoms with Gasteiger partial charge in [-0.2, -0.15) is 11.8 Å². The Balaban J connectivity index is 1.74. The van der Waals surface area contributed by atoms with Crippen molar-refractivity contribution >= 4 is 45.0 Å². The molecule has 0 heterocycles. The standard InChI is InChI=1S/C21H26ClFN2O4S2/c1-29-17-7-3-6-16(14-17)25(31(2,27)28)12-5-10-21(26)24-11-13-30-15-18-19(22)8-4-9-20(18)23/h3-4,6-9,14H,5,10-13,15H2,1-2H3,(H,24,26). The van der Waals surface area contributed by atoms with Crippen LogP contribution in [-0.4, -0.2) is 46.5 Å². The molecule has 31 heavy (non-hydrogen) atoms. The van der Waals surface area contributed by atoms with Gasteiger partial charge >= 0.3 is 0 Å². The summed E-state index contributed by atoms with van der Waals surface area (Å²) in [5.74, 6) is 1.08. The number of nitrogens with one attached hydrogen (secondary N) is 1. The van der Waals surface area contributed by atoms with E-state index in [1.165, 1.54) is 29.2 Å². The van der Waals surface area contributed by atoms with Gasteiger partial charge in [0.15, 0.2) is 0 Å². The van der Waals surface area contributed by atoms with E-state index in [1.807, 2.05) is 0 Å². The van der Waals surface area contributed by atoms with Crippen LogP contribution >= 0.6 is 23.4 Å². The molecule has 2 aromatic rings. The number of methoxy groups -OCH3 is 1. The Morgan fingerprint density at radius 3 is 2.68 bits per heavy atom. The van der Waals surface area contributed by atoms with Crippen LogP contribution in [0.5, 0.6) is 5.75 Å². The number of hydrogen-bond acceptors (Lipinski definition) is 5. The Morgan fingerprint density at radius 2 is 2.00 bits per heavy atom. The lowest BCUT2D eigenvalue weighted by atomic mass is 10.2. The Bertz CT molecular complexity index is 969. The quantitative estimate of drug-likeness (QED) is 0.455. The smallest absolute Gasteiger partial charge is 0.232 e. The van der Waals surface area contributed by atoms with E-state index in [2.05, 4.69) is 5.32 Å². The molecule has 0 spiro atoms. The molecule has 2 aromatic carbocycles. The summed E-state index contributed by atoms with van der Waals surface area (Å²) < 4.78 is 44.5. The van der Waals surface area contributed by atoms with Gasteiger partial charge in [-0.25, -0.2) is 12.8 Å². The summed E-state index contributed by atoms with van der Waals surface area (Å²) >= 11 is 7.46. The van der Waals surface area contributed by atoms with Gasteiger partial charge in [0.1, 0.15) is 11.6 Å². The van der Waals surface area contributed by atoms with E-state index in [-0.39, 0.29) is 24.7 Å². The topological polar surface area (TPSA) is 75.7 Å². The summed E-state index contributed by atoms with van der Waals surface area (Å²) in [4.78, 5) is 12.1. The second kappa shape index (κ2) is 12.2. The zero-order chi connectivity index (χ0) is 22.9. The fourth-order valence-electron chi connectivity index (χ4n) is 2.83. The number of thioether (sulfide) groups is 1. The molecule has 0 aliphatic rings. The summed E-state index contributed by atoms with van der Waals surface area (Å²) in [7, 11) is -1.99. The van der Waals surface area contributed by atoms with Crippen molar-refractivity contribution in [1.82, 2.24) is 5.32 Å². The summed E-state index contributed by atoms with van der Waals surface area (Å²) in [6.45, 7) is 0.612. The maximum Gasteiger partial charge on any atom is 0.232 e. The highest BCUT2D eigenvalue weighted by Crippen LogP contribution is 2.24. The Morgan fingerprint density at radius 1 is 1.26 bits per heavy atom. The average molecular weight is 489 g/mol. The highest BCUT2D eigenvalue weighted by atomic mass is 35.5. The van der Waals surface area contributed by atoms with Crippen molar-refractivity contribution in [3.8, 4) is 5.75 Å². The number of anilines is 1. The molecule has 1 N–H and O–H groups in total. The number of sulfonamides is 1. The summed E-state index contributed by atoms with van der Waals surface area (Å²) in [5.41, 5.74) is 0.948. The highest BCUT2D eigenvalue weighted by Gasteiger charge is 2.18. The number of halogens is 2. The molecular formula is C21H26ClFN2O4S2. The lowest BCUT2D eigenvalue weighted by Crippen LogP contribution is -2.32. The summed E-state index contributed by atoms with van der Waals surface area (Å²) in [6.07, 6.45) is 1.69. The van der Waals surface area contributed by atoms with Gasteiger partial charge in [0.2, 0.25) is 15.9 Å². The molecule has 1 amide bonds. The molecule has 0 bridgehead atoms. The average Bonchev–Trinajstić information content (AvgIpc) is 2.72. The van der Waals surface area contributed by atoms with Crippen LogP contribution in [0.3, 0.4) is 0 Å². The third-order valence-electron chi connectivity index (χ3n) is 4.38. The minimum atomic E-state index is -3.50. The number of nitrogens with zero attached hydrogens (tertiary/aromatic N) is 1. The molecule has 2 rings (SSSR count). The lowest BCUT2D eigenvalue weighted by Gasteiger charge is -2.22. The van der Waals surface area contributed by atoms with Crippen molar-refractivity contribution in [2.45, 2.75) is 18.6 Å². The predicted octanol–water partition coefficient (Wildman–Crippen LogP) is 4.08. The van der Waals surface area contributed by atoms with Crippen LogP contribution in [-0.2, 0) is 20.6 Å². The van der Waals surface area contributed by atoms with Crippen molar-refractivity contribution in [1.29, 1.82) is 0 Å². The number of rotatable bonds is 12. The van der Waals surface area contributed by atoms with Crippen molar-refractivity contribution in [2.24, 2.45) is 0 Å². The van der Waals surface area contributed by atoms with E-state index in [0.717, 1.165) is 6.26 Å². The molecule has 0 saturated heterocycles. The molecule has 0 aliphatic heterocycles. The first-order valence-corrected chi connectivity index (χ1v) is 13.0. The van der Waals surface area contributed by atoms with Crippen LogP contribution in [0.25, 0.3) is 0 Å². The molecular weight excluding hydrogens is 463 g/mol. The van der Waals surface area contributed by atoms with Gasteiger partial charge < -0.3 is 10.1 Å². The number of hydrogen-bond donors (Lipinski definition) is 1. The first-order valence-electron chi connectivity index (χ1n) is 9.61. The number of amides is 1. The van der Waals surface area contributed by atoms with Crippen molar-refractivity contribution in [2.75, 3.05) is 36.5 Å². The van der Waals surface area contributed by atoms with E-state index in [9.17, 15) is 17.6 Å². The van der Waals surface area contributed by atoms with Gasteiger partial charge in [0.05, 0.1) is 19.1 Å². The monoisotopic (exact) mass is 488 g/mol. The third-order valence-corrected chi connectivity index (χ3v) is 6.92. The largest absolute Gasteiger partial charge is 0.497 e. The first kappa shape index (κ1) is 25.3. The number of benzene rings is 2. The Kier molecular flexibility index (Phi) is 9.93. The van der Waals surface area contributed by atoms with E-state index < -0.39 is 10.0 Å². The Labute approximate surface area is 192 Å². The van der Waals surface area contributed by atoms with Gasteiger partial charge in [-0.15, -0.1) is 0 Å². The van der Waals surface area contributed by atoms with E-state index in [4.69, 9.17) is 16.3 Å². The molecule has 6 nitrogen and oxygen atoms in total. The van der Waals surface area contributed by atoms with Crippen LogP contribution in [0.4, 0.5) is 10.1 Å². The molecule has 0 atom stereocenters. The zero-order valence-electron chi connectivity index (χ0n) is 17.4. The van der Waals surface area contributed by atoms with Crippen molar-refractivity contribution < 1.29 is 22.3 Å². The number of carbonyl (C=O) groups is 1. The molecule has 0 radical (unpaired) electrons. The SMILES string of the molecule is COc1cccc(N(CCCC(=O)NCCSCc2c(F)cccc2Cl)S(C)(=O)=O)c1. The fourth-order valence-corrected chi connectivity index (χ4v) is 4.99. The second-order valence-electron chi connectivity index (χ2n) is 6.74. The molecule has 170 valence electrons. The second-order valence-corrected chi connectivity index (χ2v) is 10.2. The van der Waals surface area contributed by atoms with Gasteiger partial charge in [-0.05, 0) is 30.7 Å². The minimum Gasteiger partial charge on any atom is -0.497 e. The van der Waals surface area contributed by atoms with Crippen molar-refractivity contribution in [3.05, 3.63) is 58.9 Å². The van der Waals surface area contributed by atoms with Crippen LogP contribution in [0.15, 0.2) is 42.5 Å². The van der Waals surface area contributed by atoms with E-state index in [1.54, 1.807) is 36.4 Å². The number of carbonyl (C=O) groups excluding carboxylic acids is 1. The highest BCUT2D eigenvalue weighted by molar-refractivity contribution is 7.98. The van der Waals surface area contributed by atoms with Gasteiger partial charge in [0, 0.05) is 47.7 Å². The number of ether oxygens (including phenoxy) is 1. The van der Waals surface area contributed by atoms with Gasteiger partial charge in [-0.3, -0.25) is 9.10 Å². The fraction of sp³-hybridized carbons (Fsp3) is 0.381. The van der Waals surface area contributed by atoms with Crippen LogP contribution < -0.4 is 14.4 Å².